The molecule has 0 spiro atoms. The second-order valence-corrected chi connectivity index (χ2v) is 6.42. The van der Waals surface area contributed by atoms with E-state index in [0.717, 1.165) is 42.7 Å². The van der Waals surface area contributed by atoms with E-state index in [0.29, 0.717) is 18.8 Å². The first-order valence-corrected chi connectivity index (χ1v) is 7.65. The summed E-state index contributed by atoms with van der Waals surface area (Å²) < 4.78 is 0. The third-order valence-corrected chi connectivity index (χ3v) is 4.51. The maximum atomic E-state index is 12.7. The summed E-state index contributed by atoms with van der Waals surface area (Å²) in [6.07, 6.45) is 2.33. The molecular weight excluding hydrogens is 264 g/mol. The molecule has 1 aliphatic carbocycles. The Bertz CT molecular complexity index is 580. The van der Waals surface area contributed by atoms with Crippen LogP contribution in [0.5, 0.6) is 0 Å². The third-order valence-electron chi connectivity index (χ3n) is 4.51. The average Bonchev–Trinajstić information content (AvgIpc) is 3.05. The van der Waals surface area contributed by atoms with Crippen molar-refractivity contribution in [3.63, 3.8) is 0 Å². The first kappa shape index (κ1) is 14.3. The zero-order valence-electron chi connectivity index (χ0n) is 12.8. The van der Waals surface area contributed by atoms with E-state index in [-0.39, 0.29) is 11.7 Å². The van der Waals surface area contributed by atoms with Crippen LogP contribution in [-0.4, -0.2) is 55.2 Å². The molecule has 4 nitrogen and oxygen atoms in total. The zero-order chi connectivity index (χ0) is 15.0. The van der Waals surface area contributed by atoms with Crippen molar-refractivity contribution in [2.45, 2.75) is 19.3 Å². The van der Waals surface area contributed by atoms with Crippen LogP contribution in [0.4, 0.5) is 0 Å². The van der Waals surface area contributed by atoms with Crippen LogP contribution < -0.4 is 0 Å². The molecule has 4 heteroatoms. The number of hydrogen-bond donors (Lipinski definition) is 0. The number of nitrogens with zero attached hydrogens (tertiary/aromatic N) is 2. The van der Waals surface area contributed by atoms with E-state index < -0.39 is 0 Å². The minimum absolute atomic E-state index is 0.0998. The largest absolute Gasteiger partial charge is 0.338 e. The lowest BCUT2D eigenvalue weighted by Gasteiger charge is -2.19. The molecule has 1 aromatic rings. The van der Waals surface area contributed by atoms with Gasteiger partial charge in [0.1, 0.15) is 0 Å². The molecule has 0 saturated carbocycles. The molecule has 3 rings (SSSR count). The van der Waals surface area contributed by atoms with Gasteiger partial charge in [0, 0.05) is 37.2 Å². The molecule has 1 atom stereocenters. The summed E-state index contributed by atoms with van der Waals surface area (Å²) in [6, 6.07) is 5.56. The fourth-order valence-electron chi connectivity index (χ4n) is 3.54. The minimum Gasteiger partial charge on any atom is -0.338 e. The molecule has 1 aliphatic heterocycles. The third kappa shape index (κ3) is 2.72. The number of Topliss-reactive ketones (excluding diaryl/α,β-unsaturated/α-hetero) is 1. The van der Waals surface area contributed by atoms with Crippen LogP contribution in [0.3, 0.4) is 0 Å². The highest BCUT2D eigenvalue weighted by molar-refractivity contribution is 6.05. The summed E-state index contributed by atoms with van der Waals surface area (Å²) in [5.41, 5.74) is 2.46. The van der Waals surface area contributed by atoms with Crippen LogP contribution in [0.1, 0.15) is 39.1 Å². The van der Waals surface area contributed by atoms with Crippen molar-refractivity contribution in [2.75, 3.05) is 33.7 Å². The highest BCUT2D eigenvalue weighted by Crippen LogP contribution is 2.28. The van der Waals surface area contributed by atoms with Gasteiger partial charge in [-0.3, -0.25) is 9.59 Å². The SMILES string of the molecule is CN(C)CC1CCN(C(=O)c2cccc3c2CCC3=O)C1. The van der Waals surface area contributed by atoms with Crippen molar-refractivity contribution in [2.24, 2.45) is 5.92 Å². The van der Waals surface area contributed by atoms with E-state index in [4.69, 9.17) is 0 Å². The number of fused-ring (bicyclic) bond motifs is 1. The standard InChI is InChI=1S/C17H22N2O2/c1-18(2)10-12-8-9-19(11-12)17(21)15-5-3-4-14-13(15)6-7-16(14)20/h3-5,12H,6-11H2,1-2H3. The number of likely N-dealkylation sites (tertiary alicyclic amines) is 1. The van der Waals surface area contributed by atoms with Gasteiger partial charge in [0.25, 0.3) is 5.91 Å². The Morgan fingerprint density at radius 2 is 2.14 bits per heavy atom. The van der Waals surface area contributed by atoms with Crippen LogP contribution in [0, 0.1) is 5.92 Å². The molecule has 0 N–H and O–H groups in total. The van der Waals surface area contributed by atoms with Crippen LogP contribution >= 0.6 is 0 Å². The van der Waals surface area contributed by atoms with E-state index >= 15 is 0 Å². The van der Waals surface area contributed by atoms with Gasteiger partial charge >= 0.3 is 0 Å². The number of carbonyl (C=O) groups excluding carboxylic acids is 2. The molecule has 21 heavy (non-hydrogen) atoms. The first-order chi connectivity index (χ1) is 10.1. The van der Waals surface area contributed by atoms with Crippen molar-refractivity contribution < 1.29 is 9.59 Å². The maximum Gasteiger partial charge on any atom is 0.254 e. The first-order valence-electron chi connectivity index (χ1n) is 7.65. The molecule has 1 unspecified atom stereocenters. The second-order valence-electron chi connectivity index (χ2n) is 6.42. The lowest BCUT2D eigenvalue weighted by molar-refractivity contribution is 0.0784. The number of amides is 1. The molecular formula is C17H22N2O2. The number of benzene rings is 1. The lowest BCUT2D eigenvalue weighted by Crippen LogP contribution is -2.31. The molecule has 1 amide bonds. The Labute approximate surface area is 125 Å². The minimum atomic E-state index is 0.0998. The number of ketones is 1. The van der Waals surface area contributed by atoms with E-state index in [9.17, 15) is 9.59 Å². The average molecular weight is 286 g/mol. The number of carbonyl (C=O) groups is 2. The molecule has 0 bridgehead atoms. The highest BCUT2D eigenvalue weighted by atomic mass is 16.2. The van der Waals surface area contributed by atoms with Crippen molar-refractivity contribution >= 4 is 11.7 Å². The van der Waals surface area contributed by atoms with Crippen molar-refractivity contribution in [1.29, 1.82) is 0 Å². The number of rotatable bonds is 3. The predicted molar refractivity (Wildman–Crippen MR) is 81.7 cm³/mol. The van der Waals surface area contributed by atoms with Gasteiger partial charge in [-0.25, -0.2) is 0 Å². The van der Waals surface area contributed by atoms with Gasteiger partial charge in [-0.05, 0) is 44.5 Å². The summed E-state index contributed by atoms with van der Waals surface area (Å²) >= 11 is 0. The van der Waals surface area contributed by atoms with Gasteiger partial charge in [0.15, 0.2) is 5.78 Å². The Kier molecular flexibility index (Phi) is 3.81. The van der Waals surface area contributed by atoms with Gasteiger partial charge in [-0.1, -0.05) is 12.1 Å². The van der Waals surface area contributed by atoms with Crippen LogP contribution in [0.2, 0.25) is 0 Å². The summed E-state index contributed by atoms with van der Waals surface area (Å²) in [5.74, 6) is 0.830. The Morgan fingerprint density at radius 3 is 2.90 bits per heavy atom. The smallest absolute Gasteiger partial charge is 0.254 e. The fraction of sp³-hybridized carbons (Fsp3) is 0.529. The summed E-state index contributed by atoms with van der Waals surface area (Å²) in [4.78, 5) is 28.7. The highest BCUT2D eigenvalue weighted by Gasteiger charge is 2.30. The van der Waals surface area contributed by atoms with Crippen LogP contribution in [-0.2, 0) is 6.42 Å². The molecule has 0 aromatic heterocycles. The second kappa shape index (κ2) is 5.60. The lowest BCUT2D eigenvalue weighted by atomic mass is 10.0. The normalized spacial score (nSPS) is 21.2. The number of hydrogen-bond acceptors (Lipinski definition) is 3. The summed E-state index contributed by atoms with van der Waals surface area (Å²) in [7, 11) is 4.14. The van der Waals surface area contributed by atoms with E-state index in [2.05, 4.69) is 19.0 Å². The van der Waals surface area contributed by atoms with E-state index in [1.807, 2.05) is 23.1 Å². The van der Waals surface area contributed by atoms with Crippen molar-refractivity contribution in [3.8, 4) is 0 Å². The molecule has 0 radical (unpaired) electrons. The summed E-state index contributed by atoms with van der Waals surface area (Å²) in [5, 5.41) is 0. The molecule has 1 aromatic carbocycles. The Morgan fingerprint density at radius 1 is 1.33 bits per heavy atom. The monoisotopic (exact) mass is 286 g/mol. The van der Waals surface area contributed by atoms with Crippen LogP contribution in [0.15, 0.2) is 18.2 Å². The van der Waals surface area contributed by atoms with Gasteiger partial charge in [-0.15, -0.1) is 0 Å². The van der Waals surface area contributed by atoms with Gasteiger partial charge in [0.05, 0.1) is 0 Å². The topological polar surface area (TPSA) is 40.6 Å². The van der Waals surface area contributed by atoms with Crippen molar-refractivity contribution in [1.82, 2.24) is 9.80 Å². The fourth-order valence-corrected chi connectivity index (χ4v) is 3.54. The van der Waals surface area contributed by atoms with E-state index in [1.165, 1.54) is 0 Å². The van der Waals surface area contributed by atoms with Crippen molar-refractivity contribution in [3.05, 3.63) is 34.9 Å². The molecule has 2 aliphatic rings. The molecule has 1 fully saturated rings. The zero-order valence-corrected chi connectivity index (χ0v) is 12.8. The van der Waals surface area contributed by atoms with Crippen LogP contribution in [0.25, 0.3) is 0 Å². The van der Waals surface area contributed by atoms with Gasteiger partial charge in [0.2, 0.25) is 0 Å². The van der Waals surface area contributed by atoms with Gasteiger partial charge in [-0.2, -0.15) is 0 Å². The summed E-state index contributed by atoms with van der Waals surface area (Å²) in [6.45, 7) is 2.68. The Hall–Kier alpha value is -1.68. The molecule has 1 saturated heterocycles. The van der Waals surface area contributed by atoms with Gasteiger partial charge < -0.3 is 9.80 Å². The molecule has 1 heterocycles. The quantitative estimate of drug-likeness (QED) is 0.851. The predicted octanol–water partition coefficient (Wildman–Crippen LogP) is 1.84. The van der Waals surface area contributed by atoms with E-state index in [1.54, 1.807) is 0 Å². The molecule has 112 valence electrons. The Balaban J connectivity index is 1.77. The maximum absolute atomic E-state index is 12.7.